The Hall–Kier alpha value is -1.66. The number of para-hydroxylation sites is 1. The molecule has 1 aliphatic carbocycles. The Bertz CT molecular complexity index is 625. The molecule has 23 heavy (non-hydrogen) atoms. The molecule has 124 valence electrons. The number of fused-ring (bicyclic) bond motifs is 1. The van der Waals surface area contributed by atoms with Crippen LogP contribution in [0.3, 0.4) is 0 Å². The van der Waals surface area contributed by atoms with Gasteiger partial charge >= 0.3 is 6.03 Å². The van der Waals surface area contributed by atoms with Crippen molar-refractivity contribution in [3.8, 4) is 0 Å². The molecule has 3 N–H and O–H groups in total. The number of nitrogens with zero attached hydrogens (tertiary/aromatic N) is 1. The fourth-order valence-corrected chi connectivity index (χ4v) is 4.02. The van der Waals surface area contributed by atoms with E-state index >= 15 is 0 Å². The second-order valence-corrected chi connectivity index (χ2v) is 7.19. The van der Waals surface area contributed by atoms with Crippen molar-refractivity contribution in [2.45, 2.75) is 38.2 Å². The van der Waals surface area contributed by atoms with E-state index in [1.54, 1.807) is 11.3 Å². The smallest absolute Gasteiger partial charge is 0.314 e. The molecular weight excluding hydrogens is 310 g/mol. The number of carbonyl (C=O) groups excluding carboxylic acids is 1. The van der Waals surface area contributed by atoms with Crippen LogP contribution in [0.1, 0.15) is 30.7 Å². The van der Waals surface area contributed by atoms with Gasteiger partial charge in [0.25, 0.3) is 0 Å². The molecule has 1 heterocycles. The monoisotopic (exact) mass is 333 g/mol. The van der Waals surface area contributed by atoms with Crippen molar-refractivity contribution in [2.24, 2.45) is 5.92 Å². The van der Waals surface area contributed by atoms with E-state index in [1.807, 2.05) is 18.2 Å². The number of hydrogen-bond acceptors (Lipinski definition) is 4. The number of aliphatic hydroxyl groups excluding tert-OH is 1. The maximum Gasteiger partial charge on any atom is 0.314 e. The molecule has 1 saturated carbocycles. The van der Waals surface area contributed by atoms with Crippen LogP contribution in [0.2, 0.25) is 0 Å². The van der Waals surface area contributed by atoms with Gasteiger partial charge in [0, 0.05) is 25.4 Å². The Morgan fingerprint density at radius 1 is 1.30 bits per heavy atom. The van der Waals surface area contributed by atoms with E-state index < -0.39 is 0 Å². The zero-order chi connectivity index (χ0) is 16.1. The quantitative estimate of drug-likeness (QED) is 0.712. The number of nitrogens with one attached hydrogen (secondary N) is 2. The fraction of sp³-hybridized carbons (Fsp3) is 0.529. The highest BCUT2D eigenvalue weighted by molar-refractivity contribution is 7.18. The SMILES string of the molecule is O=C(NCCCc1nc2ccccc2s1)NC[C@@H]1CCC[C@H]1O. The van der Waals surface area contributed by atoms with Crippen LogP contribution < -0.4 is 10.6 Å². The van der Waals surface area contributed by atoms with E-state index in [1.165, 1.54) is 4.70 Å². The van der Waals surface area contributed by atoms with Gasteiger partial charge in [0.1, 0.15) is 0 Å². The highest BCUT2D eigenvalue weighted by Crippen LogP contribution is 2.24. The van der Waals surface area contributed by atoms with Gasteiger partial charge in [-0.3, -0.25) is 0 Å². The Morgan fingerprint density at radius 3 is 2.96 bits per heavy atom. The molecule has 1 fully saturated rings. The lowest BCUT2D eigenvalue weighted by Gasteiger charge is -2.15. The third kappa shape index (κ3) is 4.42. The van der Waals surface area contributed by atoms with Gasteiger partial charge in [-0.05, 0) is 31.4 Å². The highest BCUT2D eigenvalue weighted by atomic mass is 32.1. The Balaban J connectivity index is 1.33. The average Bonchev–Trinajstić information content (AvgIpc) is 3.15. The van der Waals surface area contributed by atoms with Gasteiger partial charge in [-0.2, -0.15) is 0 Å². The van der Waals surface area contributed by atoms with Gasteiger partial charge in [-0.25, -0.2) is 9.78 Å². The van der Waals surface area contributed by atoms with Crippen LogP contribution in [0.4, 0.5) is 4.79 Å². The van der Waals surface area contributed by atoms with Gasteiger partial charge in [-0.1, -0.05) is 18.6 Å². The Kier molecular flexibility index (Phi) is 5.46. The van der Waals surface area contributed by atoms with Gasteiger partial charge < -0.3 is 15.7 Å². The molecule has 0 radical (unpaired) electrons. The first-order chi connectivity index (χ1) is 11.2. The normalized spacial score (nSPS) is 20.7. The average molecular weight is 333 g/mol. The summed E-state index contributed by atoms with van der Waals surface area (Å²) < 4.78 is 1.21. The van der Waals surface area contributed by atoms with E-state index in [9.17, 15) is 9.90 Å². The highest BCUT2D eigenvalue weighted by Gasteiger charge is 2.25. The summed E-state index contributed by atoms with van der Waals surface area (Å²) >= 11 is 1.72. The molecule has 3 rings (SSSR count). The van der Waals surface area contributed by atoms with Crippen molar-refractivity contribution in [1.82, 2.24) is 15.6 Å². The number of aliphatic hydroxyl groups is 1. The fourth-order valence-electron chi connectivity index (χ4n) is 3.01. The van der Waals surface area contributed by atoms with Gasteiger partial charge in [0.05, 0.1) is 21.3 Å². The number of aromatic nitrogens is 1. The van der Waals surface area contributed by atoms with Crippen molar-refractivity contribution in [1.29, 1.82) is 0 Å². The Morgan fingerprint density at radius 2 is 2.17 bits per heavy atom. The molecule has 0 spiro atoms. The molecule has 0 unspecified atom stereocenters. The maximum atomic E-state index is 11.7. The summed E-state index contributed by atoms with van der Waals surface area (Å²) in [5.74, 6) is 0.212. The molecule has 0 saturated heterocycles. The molecule has 0 bridgehead atoms. The van der Waals surface area contributed by atoms with Gasteiger partial charge in [-0.15, -0.1) is 11.3 Å². The lowest BCUT2D eigenvalue weighted by atomic mass is 10.1. The summed E-state index contributed by atoms with van der Waals surface area (Å²) in [5.41, 5.74) is 1.05. The van der Waals surface area contributed by atoms with Crippen molar-refractivity contribution in [2.75, 3.05) is 13.1 Å². The minimum atomic E-state index is -0.255. The van der Waals surface area contributed by atoms with E-state index in [4.69, 9.17) is 0 Å². The maximum absolute atomic E-state index is 11.7. The summed E-state index contributed by atoms with van der Waals surface area (Å²) in [6.45, 7) is 1.19. The van der Waals surface area contributed by atoms with Crippen molar-refractivity contribution < 1.29 is 9.90 Å². The number of carbonyl (C=O) groups is 1. The Labute approximate surface area is 140 Å². The number of amides is 2. The lowest BCUT2D eigenvalue weighted by molar-refractivity contribution is 0.132. The van der Waals surface area contributed by atoms with Crippen LogP contribution in [0.25, 0.3) is 10.2 Å². The van der Waals surface area contributed by atoms with Crippen LogP contribution in [-0.4, -0.2) is 35.3 Å². The summed E-state index contributed by atoms with van der Waals surface area (Å²) in [5, 5.41) is 16.6. The standard InChI is InChI=1S/C17H23N3O2S/c21-14-7-3-5-12(14)11-19-17(22)18-10-4-9-16-20-13-6-1-2-8-15(13)23-16/h1-2,6,8,12,14,21H,3-5,7,9-11H2,(H2,18,19,22)/t12-,14+/m0/s1. The minimum Gasteiger partial charge on any atom is -0.393 e. The second-order valence-electron chi connectivity index (χ2n) is 6.07. The number of benzene rings is 1. The molecule has 1 aliphatic rings. The largest absolute Gasteiger partial charge is 0.393 e. The van der Waals surface area contributed by atoms with Crippen LogP contribution in [0.15, 0.2) is 24.3 Å². The predicted molar refractivity (Wildman–Crippen MR) is 92.7 cm³/mol. The summed E-state index contributed by atoms with van der Waals surface area (Å²) in [6, 6.07) is 7.99. The van der Waals surface area contributed by atoms with E-state index in [-0.39, 0.29) is 18.1 Å². The van der Waals surface area contributed by atoms with Crippen molar-refractivity contribution in [3.63, 3.8) is 0 Å². The van der Waals surface area contributed by atoms with Crippen molar-refractivity contribution in [3.05, 3.63) is 29.3 Å². The van der Waals surface area contributed by atoms with Gasteiger partial charge in [0.2, 0.25) is 0 Å². The van der Waals surface area contributed by atoms with Crippen molar-refractivity contribution >= 4 is 27.6 Å². The van der Waals surface area contributed by atoms with Crippen LogP contribution in [0, 0.1) is 5.92 Å². The number of urea groups is 1. The summed E-state index contributed by atoms with van der Waals surface area (Å²) in [6.07, 6.45) is 4.40. The molecule has 6 heteroatoms. The third-order valence-corrected chi connectivity index (χ3v) is 5.43. The second kappa shape index (κ2) is 7.75. The third-order valence-electron chi connectivity index (χ3n) is 4.33. The lowest BCUT2D eigenvalue weighted by Crippen LogP contribution is -2.40. The first-order valence-electron chi connectivity index (χ1n) is 8.26. The number of rotatable bonds is 6. The van der Waals surface area contributed by atoms with E-state index in [0.29, 0.717) is 13.1 Å². The van der Waals surface area contributed by atoms with Crippen LogP contribution >= 0.6 is 11.3 Å². The first kappa shape index (κ1) is 16.2. The molecule has 5 nitrogen and oxygen atoms in total. The van der Waals surface area contributed by atoms with Crippen LogP contribution in [-0.2, 0) is 6.42 Å². The molecule has 2 amide bonds. The van der Waals surface area contributed by atoms with E-state index in [0.717, 1.165) is 42.6 Å². The zero-order valence-corrected chi connectivity index (χ0v) is 13.9. The summed E-state index contributed by atoms with van der Waals surface area (Å²) in [7, 11) is 0. The molecule has 2 aromatic rings. The number of hydrogen-bond donors (Lipinski definition) is 3. The first-order valence-corrected chi connectivity index (χ1v) is 9.08. The minimum absolute atomic E-state index is 0.145. The molecule has 0 aliphatic heterocycles. The zero-order valence-electron chi connectivity index (χ0n) is 13.1. The summed E-state index contributed by atoms with van der Waals surface area (Å²) in [4.78, 5) is 16.3. The predicted octanol–water partition coefficient (Wildman–Crippen LogP) is 2.69. The number of thiazole rings is 1. The van der Waals surface area contributed by atoms with E-state index in [2.05, 4.69) is 21.7 Å². The number of aryl methyl sites for hydroxylation is 1. The molecule has 2 atom stereocenters. The molecular formula is C17H23N3O2S. The topological polar surface area (TPSA) is 74.2 Å². The molecule has 1 aromatic heterocycles. The van der Waals surface area contributed by atoms with Crippen LogP contribution in [0.5, 0.6) is 0 Å². The molecule has 1 aromatic carbocycles. The van der Waals surface area contributed by atoms with Gasteiger partial charge in [0.15, 0.2) is 0 Å².